The second-order valence-corrected chi connectivity index (χ2v) is 5.56. The third-order valence-corrected chi connectivity index (χ3v) is 3.91. The molecule has 0 atom stereocenters. The summed E-state index contributed by atoms with van der Waals surface area (Å²) in [5.74, 6) is 1.62. The predicted octanol–water partition coefficient (Wildman–Crippen LogP) is 3.15. The van der Waals surface area contributed by atoms with Crippen molar-refractivity contribution in [3.05, 3.63) is 51.9 Å². The zero-order valence-electron chi connectivity index (χ0n) is 13.4. The molecule has 0 saturated heterocycles. The van der Waals surface area contributed by atoms with Gasteiger partial charge in [0, 0.05) is 37.8 Å². The number of halogens is 1. The molecule has 0 bridgehead atoms. The van der Waals surface area contributed by atoms with Crippen LogP contribution in [0, 0.1) is 13.8 Å². The summed E-state index contributed by atoms with van der Waals surface area (Å²) < 4.78 is 5.17. The van der Waals surface area contributed by atoms with E-state index in [1.165, 1.54) is 0 Å². The highest BCUT2D eigenvalue weighted by atomic mass is 35.5. The summed E-state index contributed by atoms with van der Waals surface area (Å²) >= 11 is 6.21. The average Bonchev–Trinajstić information content (AvgIpc) is 2.82. The number of nitrogens with zero attached hydrogens (tertiary/aromatic N) is 3. The molecule has 118 valence electrons. The van der Waals surface area contributed by atoms with Gasteiger partial charge in [-0.05, 0) is 25.5 Å². The van der Waals surface area contributed by atoms with Crippen LogP contribution < -0.4 is 5.32 Å². The van der Waals surface area contributed by atoms with E-state index in [9.17, 15) is 0 Å². The van der Waals surface area contributed by atoms with Crippen LogP contribution in [0.3, 0.4) is 0 Å². The fourth-order valence-electron chi connectivity index (χ4n) is 2.26. The second-order valence-electron chi connectivity index (χ2n) is 5.15. The lowest BCUT2D eigenvalue weighted by molar-refractivity contribution is 0.392. The molecule has 1 heterocycles. The van der Waals surface area contributed by atoms with Crippen molar-refractivity contribution in [3.8, 4) is 0 Å². The Balaban J connectivity index is 2.01. The van der Waals surface area contributed by atoms with Gasteiger partial charge in [-0.25, -0.2) is 0 Å². The van der Waals surface area contributed by atoms with E-state index in [0.717, 1.165) is 33.6 Å². The van der Waals surface area contributed by atoms with Crippen molar-refractivity contribution < 1.29 is 4.52 Å². The van der Waals surface area contributed by atoms with Gasteiger partial charge in [-0.15, -0.1) is 0 Å². The van der Waals surface area contributed by atoms with E-state index >= 15 is 0 Å². The molecule has 6 heteroatoms. The monoisotopic (exact) mass is 320 g/mol. The van der Waals surface area contributed by atoms with Crippen molar-refractivity contribution in [2.24, 2.45) is 4.99 Å². The van der Waals surface area contributed by atoms with Crippen molar-refractivity contribution in [2.75, 3.05) is 14.1 Å². The number of rotatable bonds is 4. The van der Waals surface area contributed by atoms with Crippen molar-refractivity contribution in [1.82, 2.24) is 15.4 Å². The van der Waals surface area contributed by atoms with Crippen molar-refractivity contribution in [1.29, 1.82) is 0 Å². The zero-order valence-corrected chi connectivity index (χ0v) is 14.1. The fourth-order valence-corrected chi connectivity index (χ4v) is 2.46. The van der Waals surface area contributed by atoms with Gasteiger partial charge in [-0.1, -0.05) is 35.0 Å². The van der Waals surface area contributed by atoms with Crippen LogP contribution >= 0.6 is 11.6 Å². The van der Waals surface area contributed by atoms with Crippen LogP contribution in [0.25, 0.3) is 0 Å². The maximum atomic E-state index is 6.21. The molecule has 0 amide bonds. The molecule has 0 unspecified atom stereocenters. The summed E-state index contributed by atoms with van der Waals surface area (Å²) in [7, 11) is 3.74. The van der Waals surface area contributed by atoms with Crippen molar-refractivity contribution in [2.45, 2.75) is 26.9 Å². The molecule has 0 fully saturated rings. The van der Waals surface area contributed by atoms with Gasteiger partial charge in [0.1, 0.15) is 5.76 Å². The molecular formula is C16H21ClN4O. The Hall–Kier alpha value is -2.01. The standard InChI is InChI=1S/C16H21ClN4O/c1-11-14(12(2)22-20-11)9-19-16(18-3)21(4)10-13-7-5-6-8-15(13)17/h5-8H,9-10H2,1-4H3,(H,18,19). The first kappa shape index (κ1) is 16.4. The highest BCUT2D eigenvalue weighted by Crippen LogP contribution is 2.16. The molecule has 22 heavy (non-hydrogen) atoms. The quantitative estimate of drug-likeness (QED) is 0.694. The van der Waals surface area contributed by atoms with Gasteiger partial charge in [0.25, 0.3) is 0 Å². The summed E-state index contributed by atoms with van der Waals surface area (Å²) in [6, 6.07) is 7.82. The number of aliphatic imine (C=N–C) groups is 1. The van der Waals surface area contributed by atoms with Crippen molar-refractivity contribution in [3.63, 3.8) is 0 Å². The number of hydrogen-bond donors (Lipinski definition) is 1. The Bertz CT molecular complexity index is 646. The SMILES string of the molecule is CN=C(NCc1c(C)noc1C)N(C)Cc1ccccc1Cl. The lowest BCUT2D eigenvalue weighted by Gasteiger charge is -2.22. The Morgan fingerprint density at radius 3 is 2.68 bits per heavy atom. The number of benzene rings is 1. The molecule has 1 N–H and O–H groups in total. The minimum absolute atomic E-state index is 0.626. The molecule has 5 nitrogen and oxygen atoms in total. The van der Waals surface area contributed by atoms with Gasteiger partial charge in [0.05, 0.1) is 5.69 Å². The van der Waals surface area contributed by atoms with Crippen LogP contribution in [0.1, 0.15) is 22.6 Å². The lowest BCUT2D eigenvalue weighted by Crippen LogP contribution is -2.38. The van der Waals surface area contributed by atoms with Crippen LogP contribution in [0.15, 0.2) is 33.8 Å². The lowest BCUT2D eigenvalue weighted by atomic mass is 10.2. The third kappa shape index (κ3) is 3.80. The highest BCUT2D eigenvalue weighted by molar-refractivity contribution is 6.31. The minimum atomic E-state index is 0.626. The molecule has 0 spiro atoms. The number of guanidine groups is 1. The first-order valence-corrected chi connectivity index (χ1v) is 7.47. The van der Waals surface area contributed by atoms with Gasteiger partial charge < -0.3 is 14.7 Å². The van der Waals surface area contributed by atoms with Crippen LogP contribution in [0.2, 0.25) is 5.02 Å². The summed E-state index contributed by atoms with van der Waals surface area (Å²) in [6.07, 6.45) is 0. The first-order valence-electron chi connectivity index (χ1n) is 7.10. The molecule has 1 aromatic carbocycles. The van der Waals surface area contributed by atoms with Gasteiger partial charge in [0.15, 0.2) is 5.96 Å². The summed E-state index contributed by atoms with van der Waals surface area (Å²) in [5.41, 5.74) is 3.02. The number of nitrogens with one attached hydrogen (secondary N) is 1. The molecule has 2 aromatic rings. The molecule has 2 rings (SSSR count). The van der Waals surface area contributed by atoms with Gasteiger partial charge in [-0.3, -0.25) is 4.99 Å². The maximum Gasteiger partial charge on any atom is 0.193 e. The molecule has 0 aliphatic rings. The Kier molecular flexibility index (Phi) is 5.44. The molecule has 0 aliphatic heterocycles. The van der Waals surface area contributed by atoms with Gasteiger partial charge >= 0.3 is 0 Å². The third-order valence-electron chi connectivity index (χ3n) is 3.54. The first-order chi connectivity index (χ1) is 10.5. The van der Waals surface area contributed by atoms with E-state index in [2.05, 4.69) is 15.5 Å². The van der Waals surface area contributed by atoms with Crippen LogP contribution in [-0.4, -0.2) is 30.1 Å². The van der Waals surface area contributed by atoms with Crippen molar-refractivity contribution >= 4 is 17.6 Å². The molecule has 0 aliphatic carbocycles. The van der Waals surface area contributed by atoms with Gasteiger partial charge in [-0.2, -0.15) is 0 Å². The van der Waals surface area contributed by atoms with E-state index in [1.807, 2.05) is 50.1 Å². The minimum Gasteiger partial charge on any atom is -0.361 e. The maximum absolute atomic E-state index is 6.21. The van der Waals surface area contributed by atoms with E-state index in [-0.39, 0.29) is 0 Å². The van der Waals surface area contributed by atoms with Crippen LogP contribution in [0.4, 0.5) is 0 Å². The Labute approximate surface area is 136 Å². The Morgan fingerprint density at radius 1 is 1.36 bits per heavy atom. The van der Waals surface area contributed by atoms with E-state index in [4.69, 9.17) is 16.1 Å². The largest absolute Gasteiger partial charge is 0.361 e. The Morgan fingerprint density at radius 2 is 2.09 bits per heavy atom. The fraction of sp³-hybridized carbons (Fsp3) is 0.375. The number of aryl methyl sites for hydroxylation is 2. The normalized spacial score (nSPS) is 11.6. The highest BCUT2D eigenvalue weighted by Gasteiger charge is 2.12. The zero-order chi connectivity index (χ0) is 16.1. The predicted molar refractivity (Wildman–Crippen MR) is 89.1 cm³/mol. The van der Waals surface area contributed by atoms with Crippen LogP contribution in [-0.2, 0) is 13.1 Å². The molecular weight excluding hydrogens is 300 g/mol. The smallest absolute Gasteiger partial charge is 0.193 e. The summed E-state index contributed by atoms with van der Waals surface area (Å²) in [5, 5.41) is 8.04. The topological polar surface area (TPSA) is 53.7 Å². The van der Waals surface area contributed by atoms with E-state index < -0.39 is 0 Å². The second kappa shape index (κ2) is 7.31. The van der Waals surface area contributed by atoms with Gasteiger partial charge in [0.2, 0.25) is 0 Å². The summed E-state index contributed by atoms with van der Waals surface area (Å²) in [6.45, 7) is 5.15. The molecule has 0 radical (unpaired) electrons. The van der Waals surface area contributed by atoms with E-state index in [0.29, 0.717) is 13.1 Å². The molecule has 0 saturated carbocycles. The van der Waals surface area contributed by atoms with Crippen LogP contribution in [0.5, 0.6) is 0 Å². The number of aromatic nitrogens is 1. The number of hydrogen-bond acceptors (Lipinski definition) is 3. The van der Waals surface area contributed by atoms with E-state index in [1.54, 1.807) is 7.05 Å². The summed E-state index contributed by atoms with van der Waals surface area (Å²) in [4.78, 5) is 6.34. The molecule has 1 aromatic heterocycles. The average molecular weight is 321 g/mol.